The van der Waals surface area contributed by atoms with Gasteiger partial charge in [0.1, 0.15) is 11.6 Å². The Labute approximate surface area is 103 Å². The molecule has 18 heavy (non-hydrogen) atoms. The number of nitriles is 1. The third-order valence-electron chi connectivity index (χ3n) is 2.17. The molecule has 0 N–H and O–H groups in total. The van der Waals surface area contributed by atoms with Crippen molar-refractivity contribution in [3.63, 3.8) is 0 Å². The van der Waals surface area contributed by atoms with Crippen LogP contribution in [0.25, 0.3) is 0 Å². The molecule has 0 aliphatic rings. The summed E-state index contributed by atoms with van der Waals surface area (Å²) < 4.78 is 33.6. The Bertz CT molecular complexity index is 495. The van der Waals surface area contributed by atoms with Crippen LogP contribution in [0.15, 0.2) is 12.1 Å². The van der Waals surface area contributed by atoms with Gasteiger partial charge in [-0.05, 0) is 25.5 Å². The van der Waals surface area contributed by atoms with Gasteiger partial charge in [0.2, 0.25) is 0 Å². The number of alkyl halides is 2. The Kier molecular flexibility index (Phi) is 4.60. The molecule has 0 aliphatic heterocycles. The van der Waals surface area contributed by atoms with Crippen molar-refractivity contribution in [2.24, 2.45) is 0 Å². The van der Waals surface area contributed by atoms with Gasteiger partial charge in [-0.3, -0.25) is 0 Å². The molecular formula is C12H11F2NO3. The maximum absolute atomic E-state index is 12.3. The Hall–Kier alpha value is -2.16. The smallest absolute Gasteiger partial charge is 0.387 e. The SMILES string of the molecule is CCOC(=O)c1c(C)ccc(C#N)c1OC(F)F. The largest absolute Gasteiger partial charge is 0.462 e. The Balaban J connectivity index is 3.36. The van der Waals surface area contributed by atoms with Gasteiger partial charge >= 0.3 is 12.6 Å². The minimum Gasteiger partial charge on any atom is -0.462 e. The van der Waals surface area contributed by atoms with E-state index in [0.717, 1.165) is 0 Å². The van der Waals surface area contributed by atoms with Gasteiger partial charge in [0.05, 0.1) is 12.2 Å². The molecule has 0 atom stereocenters. The molecule has 4 nitrogen and oxygen atoms in total. The molecule has 1 aromatic rings. The molecule has 0 heterocycles. The summed E-state index contributed by atoms with van der Waals surface area (Å²) in [6, 6.07) is 4.49. The molecule has 0 saturated carbocycles. The number of aryl methyl sites for hydroxylation is 1. The first-order valence-corrected chi connectivity index (χ1v) is 5.16. The van der Waals surface area contributed by atoms with Gasteiger partial charge < -0.3 is 9.47 Å². The summed E-state index contributed by atoms with van der Waals surface area (Å²) in [7, 11) is 0. The zero-order valence-corrected chi connectivity index (χ0v) is 9.87. The van der Waals surface area contributed by atoms with Crippen molar-refractivity contribution < 1.29 is 23.0 Å². The molecule has 96 valence electrons. The second kappa shape index (κ2) is 5.96. The first kappa shape index (κ1) is 13.9. The van der Waals surface area contributed by atoms with Crippen molar-refractivity contribution in [2.45, 2.75) is 20.5 Å². The summed E-state index contributed by atoms with van der Waals surface area (Å²) in [4.78, 5) is 11.7. The Morgan fingerprint density at radius 1 is 1.50 bits per heavy atom. The highest BCUT2D eigenvalue weighted by Gasteiger charge is 2.22. The van der Waals surface area contributed by atoms with Gasteiger partial charge in [-0.1, -0.05) is 6.07 Å². The molecule has 0 amide bonds. The topological polar surface area (TPSA) is 59.3 Å². The van der Waals surface area contributed by atoms with Crippen LogP contribution in [0.1, 0.15) is 28.4 Å². The highest BCUT2D eigenvalue weighted by Crippen LogP contribution is 2.29. The van der Waals surface area contributed by atoms with Crippen LogP contribution in [0.5, 0.6) is 5.75 Å². The van der Waals surface area contributed by atoms with Crippen LogP contribution in [-0.4, -0.2) is 19.2 Å². The molecule has 1 rings (SSSR count). The normalized spacial score (nSPS) is 10.0. The number of rotatable bonds is 4. The zero-order chi connectivity index (χ0) is 13.7. The van der Waals surface area contributed by atoms with Crippen molar-refractivity contribution in [1.29, 1.82) is 5.26 Å². The Morgan fingerprint density at radius 3 is 2.67 bits per heavy atom. The molecule has 0 radical (unpaired) electrons. The first-order chi connectivity index (χ1) is 8.51. The van der Waals surface area contributed by atoms with Crippen LogP contribution in [-0.2, 0) is 4.74 Å². The standard InChI is InChI=1S/C12H11F2NO3/c1-3-17-11(16)9-7(2)4-5-8(6-15)10(9)18-12(13)14/h4-5,12H,3H2,1-2H3. The van der Waals surface area contributed by atoms with E-state index in [1.807, 2.05) is 0 Å². The molecule has 0 spiro atoms. The number of ether oxygens (including phenoxy) is 2. The van der Waals surface area contributed by atoms with Gasteiger partial charge in [0, 0.05) is 0 Å². The maximum Gasteiger partial charge on any atom is 0.387 e. The van der Waals surface area contributed by atoms with E-state index in [1.54, 1.807) is 19.9 Å². The van der Waals surface area contributed by atoms with Gasteiger partial charge in [0.15, 0.2) is 5.75 Å². The number of carbonyl (C=O) groups excluding carboxylic acids is 1. The van der Waals surface area contributed by atoms with Gasteiger partial charge in [-0.15, -0.1) is 0 Å². The number of nitrogens with zero attached hydrogens (tertiary/aromatic N) is 1. The minimum absolute atomic E-state index is 0.100. The van der Waals surface area contributed by atoms with Crippen LogP contribution in [0.4, 0.5) is 8.78 Å². The monoisotopic (exact) mass is 255 g/mol. The third kappa shape index (κ3) is 2.94. The molecule has 0 fully saturated rings. The van der Waals surface area contributed by atoms with E-state index in [0.29, 0.717) is 5.56 Å². The summed E-state index contributed by atoms with van der Waals surface area (Å²) in [5.74, 6) is -1.23. The maximum atomic E-state index is 12.3. The number of esters is 1. The molecule has 0 aliphatic carbocycles. The summed E-state index contributed by atoms with van der Waals surface area (Å²) in [6.07, 6.45) is 0. The lowest BCUT2D eigenvalue weighted by atomic mass is 10.0. The van der Waals surface area contributed by atoms with Crippen molar-refractivity contribution in [3.05, 3.63) is 28.8 Å². The van der Waals surface area contributed by atoms with E-state index in [4.69, 9.17) is 10.00 Å². The van der Waals surface area contributed by atoms with Crippen molar-refractivity contribution >= 4 is 5.97 Å². The predicted molar refractivity (Wildman–Crippen MR) is 58.5 cm³/mol. The van der Waals surface area contributed by atoms with E-state index in [2.05, 4.69) is 4.74 Å². The quantitative estimate of drug-likeness (QED) is 0.776. The van der Waals surface area contributed by atoms with Crippen LogP contribution in [0, 0.1) is 18.3 Å². The fourth-order valence-electron chi connectivity index (χ4n) is 1.44. The minimum atomic E-state index is -3.12. The fraction of sp³-hybridized carbons (Fsp3) is 0.333. The predicted octanol–water partition coefficient (Wildman–Crippen LogP) is 2.64. The number of hydrogen-bond donors (Lipinski definition) is 0. The van der Waals surface area contributed by atoms with Crippen molar-refractivity contribution in [3.8, 4) is 11.8 Å². The average molecular weight is 255 g/mol. The molecule has 6 heteroatoms. The van der Waals surface area contributed by atoms with Crippen LogP contribution in [0.2, 0.25) is 0 Å². The van der Waals surface area contributed by atoms with E-state index < -0.39 is 18.3 Å². The van der Waals surface area contributed by atoms with Crippen LogP contribution < -0.4 is 4.74 Å². The first-order valence-electron chi connectivity index (χ1n) is 5.16. The lowest BCUT2D eigenvalue weighted by Crippen LogP contribution is -2.13. The summed E-state index contributed by atoms with van der Waals surface area (Å²) in [6.45, 7) is 0.122. The van der Waals surface area contributed by atoms with Gasteiger partial charge in [-0.2, -0.15) is 14.0 Å². The van der Waals surface area contributed by atoms with Crippen molar-refractivity contribution in [1.82, 2.24) is 0 Å². The molecule has 0 bridgehead atoms. The summed E-state index contributed by atoms with van der Waals surface area (Å²) >= 11 is 0. The lowest BCUT2D eigenvalue weighted by molar-refractivity contribution is -0.0506. The molecule has 0 aromatic heterocycles. The van der Waals surface area contributed by atoms with Crippen LogP contribution in [0.3, 0.4) is 0 Å². The average Bonchev–Trinajstić information content (AvgIpc) is 2.29. The highest BCUT2D eigenvalue weighted by atomic mass is 19.3. The third-order valence-corrected chi connectivity index (χ3v) is 2.17. The van der Waals surface area contributed by atoms with E-state index in [-0.39, 0.29) is 17.7 Å². The second-order valence-corrected chi connectivity index (χ2v) is 3.34. The molecule has 1 aromatic carbocycles. The van der Waals surface area contributed by atoms with E-state index >= 15 is 0 Å². The highest BCUT2D eigenvalue weighted by molar-refractivity contribution is 5.95. The van der Waals surface area contributed by atoms with Crippen LogP contribution >= 0.6 is 0 Å². The number of carbonyl (C=O) groups is 1. The number of benzene rings is 1. The summed E-state index contributed by atoms with van der Waals surface area (Å²) in [5, 5.41) is 8.83. The molecule has 0 unspecified atom stereocenters. The number of hydrogen-bond acceptors (Lipinski definition) is 4. The lowest BCUT2D eigenvalue weighted by Gasteiger charge is -2.13. The van der Waals surface area contributed by atoms with Gasteiger partial charge in [0.25, 0.3) is 0 Å². The summed E-state index contributed by atoms with van der Waals surface area (Å²) in [5.41, 5.74) is 0.128. The number of halogens is 2. The molecule has 0 saturated heterocycles. The van der Waals surface area contributed by atoms with Gasteiger partial charge in [-0.25, -0.2) is 4.79 Å². The van der Waals surface area contributed by atoms with E-state index in [1.165, 1.54) is 12.1 Å². The zero-order valence-electron chi connectivity index (χ0n) is 9.87. The Morgan fingerprint density at radius 2 is 2.17 bits per heavy atom. The second-order valence-electron chi connectivity index (χ2n) is 3.34. The fourth-order valence-corrected chi connectivity index (χ4v) is 1.44. The van der Waals surface area contributed by atoms with E-state index in [9.17, 15) is 13.6 Å². The molecular weight excluding hydrogens is 244 g/mol. The van der Waals surface area contributed by atoms with Crippen molar-refractivity contribution in [2.75, 3.05) is 6.61 Å².